The van der Waals surface area contributed by atoms with E-state index >= 15 is 0 Å². The number of aromatic nitrogens is 3. The zero-order valence-corrected chi connectivity index (χ0v) is 14.8. The van der Waals surface area contributed by atoms with Crippen molar-refractivity contribution in [3.8, 4) is 5.69 Å². The van der Waals surface area contributed by atoms with Crippen molar-refractivity contribution >= 4 is 27.3 Å². The summed E-state index contributed by atoms with van der Waals surface area (Å²) in [5, 5.41) is 11.7. The summed E-state index contributed by atoms with van der Waals surface area (Å²) in [5.41, 5.74) is 1.63. The van der Waals surface area contributed by atoms with Crippen molar-refractivity contribution in [1.82, 2.24) is 19.7 Å². The normalized spacial score (nSPS) is 11.4. The van der Waals surface area contributed by atoms with Gasteiger partial charge in [0, 0.05) is 5.38 Å². The van der Waals surface area contributed by atoms with Crippen LogP contribution in [0.4, 0.5) is 0 Å². The third-order valence-corrected chi connectivity index (χ3v) is 5.43. The van der Waals surface area contributed by atoms with Crippen molar-refractivity contribution in [3.05, 3.63) is 58.5 Å². The Morgan fingerprint density at radius 3 is 2.68 bits per heavy atom. The van der Waals surface area contributed by atoms with Gasteiger partial charge in [-0.15, -0.1) is 5.10 Å². The van der Waals surface area contributed by atoms with Crippen molar-refractivity contribution in [2.45, 2.75) is 11.4 Å². The molecule has 0 bridgehead atoms. The standard InChI is InChI=1S/C15H14N4O4S2/c1-23-15(20)11-2-4-14(5-3-11)25(21,22)16-8-12-9-19(18-17-12)13-6-7-24-10-13/h2-7,9-10,16H,8H2,1H3. The number of thiophene rings is 1. The van der Waals surface area contributed by atoms with Gasteiger partial charge in [0.25, 0.3) is 0 Å². The molecule has 0 aliphatic heterocycles. The number of benzene rings is 1. The number of sulfonamides is 1. The zero-order valence-electron chi connectivity index (χ0n) is 13.1. The third kappa shape index (κ3) is 3.92. The molecule has 25 heavy (non-hydrogen) atoms. The summed E-state index contributed by atoms with van der Waals surface area (Å²) < 4.78 is 33.2. The van der Waals surface area contributed by atoms with Gasteiger partial charge in [-0.05, 0) is 35.7 Å². The number of methoxy groups -OCH3 is 1. The fourth-order valence-electron chi connectivity index (χ4n) is 2.03. The number of carbonyl (C=O) groups excluding carboxylic acids is 1. The number of rotatable bonds is 6. The summed E-state index contributed by atoms with van der Waals surface area (Å²) >= 11 is 1.53. The highest BCUT2D eigenvalue weighted by Crippen LogP contribution is 2.13. The van der Waals surface area contributed by atoms with Crippen LogP contribution in [-0.4, -0.2) is 36.5 Å². The van der Waals surface area contributed by atoms with E-state index in [0.29, 0.717) is 5.69 Å². The van der Waals surface area contributed by atoms with E-state index in [2.05, 4.69) is 19.8 Å². The zero-order chi connectivity index (χ0) is 17.9. The van der Waals surface area contributed by atoms with Crippen LogP contribution in [0.3, 0.4) is 0 Å². The Kier molecular flexibility index (Phi) is 4.93. The lowest BCUT2D eigenvalue weighted by atomic mass is 10.2. The van der Waals surface area contributed by atoms with E-state index in [9.17, 15) is 13.2 Å². The molecule has 2 heterocycles. The molecule has 2 aromatic heterocycles. The minimum Gasteiger partial charge on any atom is -0.465 e. The first-order valence-corrected chi connectivity index (χ1v) is 9.54. The minimum absolute atomic E-state index is 0.00518. The molecule has 130 valence electrons. The molecule has 0 fully saturated rings. The third-order valence-electron chi connectivity index (χ3n) is 3.34. The molecule has 0 aliphatic rings. The average molecular weight is 378 g/mol. The number of nitrogens with zero attached hydrogens (tertiary/aromatic N) is 3. The van der Waals surface area contributed by atoms with Crippen LogP contribution < -0.4 is 4.72 Å². The SMILES string of the molecule is COC(=O)c1ccc(S(=O)(=O)NCc2cn(-c3ccsc3)nn2)cc1. The van der Waals surface area contributed by atoms with Crippen molar-refractivity contribution in [1.29, 1.82) is 0 Å². The second-order valence-corrected chi connectivity index (χ2v) is 7.52. The molecule has 0 radical (unpaired) electrons. The maximum absolute atomic E-state index is 12.3. The van der Waals surface area contributed by atoms with Crippen molar-refractivity contribution < 1.29 is 17.9 Å². The number of carbonyl (C=O) groups is 1. The largest absolute Gasteiger partial charge is 0.465 e. The van der Waals surface area contributed by atoms with Crippen molar-refractivity contribution in [2.75, 3.05) is 7.11 Å². The molecule has 0 aliphatic carbocycles. The molecule has 0 spiro atoms. The molecule has 1 aromatic carbocycles. The molecular formula is C15H14N4O4S2. The number of hydrogen-bond acceptors (Lipinski definition) is 7. The van der Waals surface area contributed by atoms with Gasteiger partial charge in [0.15, 0.2) is 0 Å². The van der Waals surface area contributed by atoms with Crippen LogP contribution in [0.25, 0.3) is 5.69 Å². The first-order chi connectivity index (χ1) is 12.0. The first kappa shape index (κ1) is 17.3. The number of hydrogen-bond donors (Lipinski definition) is 1. The number of nitrogens with one attached hydrogen (secondary N) is 1. The highest BCUT2D eigenvalue weighted by Gasteiger charge is 2.16. The molecule has 0 unspecified atom stereocenters. The van der Waals surface area contributed by atoms with Crippen LogP contribution >= 0.6 is 11.3 Å². The second-order valence-electron chi connectivity index (χ2n) is 4.98. The van der Waals surface area contributed by atoms with Gasteiger partial charge in [0.05, 0.1) is 41.7 Å². The maximum Gasteiger partial charge on any atom is 0.337 e. The van der Waals surface area contributed by atoms with Crippen LogP contribution in [0.5, 0.6) is 0 Å². The molecule has 0 saturated heterocycles. The Morgan fingerprint density at radius 1 is 1.28 bits per heavy atom. The van der Waals surface area contributed by atoms with E-state index in [0.717, 1.165) is 5.69 Å². The highest BCUT2D eigenvalue weighted by molar-refractivity contribution is 7.89. The van der Waals surface area contributed by atoms with Crippen LogP contribution in [-0.2, 0) is 21.3 Å². The van der Waals surface area contributed by atoms with Gasteiger partial charge in [0.2, 0.25) is 10.0 Å². The Hall–Kier alpha value is -2.56. The van der Waals surface area contributed by atoms with E-state index in [-0.39, 0.29) is 17.0 Å². The minimum atomic E-state index is -3.73. The molecule has 0 saturated carbocycles. The molecular weight excluding hydrogens is 364 g/mol. The van der Waals surface area contributed by atoms with Crippen LogP contribution in [0, 0.1) is 0 Å². The second kappa shape index (κ2) is 7.13. The molecule has 1 N–H and O–H groups in total. The predicted molar refractivity (Wildman–Crippen MR) is 91.0 cm³/mol. The Bertz CT molecular complexity index is 963. The van der Waals surface area contributed by atoms with E-state index in [1.54, 1.807) is 10.9 Å². The lowest BCUT2D eigenvalue weighted by molar-refractivity contribution is 0.0600. The van der Waals surface area contributed by atoms with Crippen LogP contribution in [0.2, 0.25) is 0 Å². The van der Waals surface area contributed by atoms with E-state index in [4.69, 9.17) is 0 Å². The van der Waals surface area contributed by atoms with Gasteiger partial charge in [-0.1, -0.05) is 5.21 Å². The molecule has 3 rings (SSSR count). The average Bonchev–Trinajstić information content (AvgIpc) is 3.30. The smallest absolute Gasteiger partial charge is 0.337 e. The Balaban J connectivity index is 1.68. The maximum atomic E-state index is 12.3. The predicted octanol–water partition coefficient (Wildman–Crippen LogP) is 1.59. The lowest BCUT2D eigenvalue weighted by Crippen LogP contribution is -2.23. The monoisotopic (exact) mass is 378 g/mol. The van der Waals surface area contributed by atoms with E-state index in [1.165, 1.54) is 42.7 Å². The Morgan fingerprint density at radius 2 is 2.04 bits per heavy atom. The summed E-state index contributed by atoms with van der Waals surface area (Å²) in [7, 11) is -2.47. The van der Waals surface area contributed by atoms with E-state index < -0.39 is 16.0 Å². The van der Waals surface area contributed by atoms with Gasteiger partial charge < -0.3 is 4.74 Å². The fourth-order valence-corrected chi connectivity index (χ4v) is 3.66. The number of esters is 1. The lowest BCUT2D eigenvalue weighted by Gasteiger charge is -2.06. The van der Waals surface area contributed by atoms with E-state index in [1.807, 2.05) is 16.8 Å². The van der Waals surface area contributed by atoms with Gasteiger partial charge in [-0.2, -0.15) is 11.3 Å². The van der Waals surface area contributed by atoms with Gasteiger partial charge in [-0.3, -0.25) is 0 Å². The Labute approximate surface area is 148 Å². The molecule has 0 atom stereocenters. The van der Waals surface area contributed by atoms with Crippen molar-refractivity contribution in [2.24, 2.45) is 0 Å². The summed E-state index contributed by atoms with van der Waals surface area (Å²) in [6, 6.07) is 7.37. The van der Waals surface area contributed by atoms with Gasteiger partial charge in [-0.25, -0.2) is 22.6 Å². The number of ether oxygens (including phenoxy) is 1. The topological polar surface area (TPSA) is 103 Å². The summed E-state index contributed by atoms with van der Waals surface area (Å²) in [4.78, 5) is 11.4. The van der Waals surface area contributed by atoms with Crippen LogP contribution in [0.15, 0.2) is 52.2 Å². The quantitative estimate of drug-likeness (QED) is 0.654. The summed E-state index contributed by atoms with van der Waals surface area (Å²) in [6.45, 7) is 0.00518. The summed E-state index contributed by atoms with van der Waals surface area (Å²) in [5.74, 6) is -0.526. The van der Waals surface area contributed by atoms with Gasteiger partial charge >= 0.3 is 5.97 Å². The van der Waals surface area contributed by atoms with Crippen LogP contribution in [0.1, 0.15) is 16.1 Å². The van der Waals surface area contributed by atoms with Gasteiger partial charge in [0.1, 0.15) is 0 Å². The summed E-state index contributed by atoms with van der Waals surface area (Å²) in [6.07, 6.45) is 1.66. The van der Waals surface area contributed by atoms with Crippen molar-refractivity contribution in [3.63, 3.8) is 0 Å². The highest BCUT2D eigenvalue weighted by atomic mass is 32.2. The first-order valence-electron chi connectivity index (χ1n) is 7.11. The molecule has 8 nitrogen and oxygen atoms in total. The molecule has 0 amide bonds. The molecule has 3 aromatic rings. The fraction of sp³-hybridized carbons (Fsp3) is 0.133. The molecule has 10 heteroatoms.